The van der Waals surface area contributed by atoms with Gasteiger partial charge in [0.05, 0.1) is 0 Å². The fourth-order valence-corrected chi connectivity index (χ4v) is 3.47. The predicted molar refractivity (Wildman–Crippen MR) is 100.0 cm³/mol. The molecule has 0 spiro atoms. The van der Waals surface area contributed by atoms with Crippen molar-refractivity contribution in [1.29, 1.82) is 0 Å². The Balaban J connectivity index is 1.44. The summed E-state index contributed by atoms with van der Waals surface area (Å²) >= 11 is 0. The topological polar surface area (TPSA) is 45.5 Å². The maximum atomic E-state index is 13.4. The van der Waals surface area contributed by atoms with E-state index in [-0.39, 0.29) is 17.5 Å². The number of anilines is 1. The molecule has 0 unspecified atom stereocenters. The summed E-state index contributed by atoms with van der Waals surface area (Å²) in [7, 11) is 0. The van der Waals surface area contributed by atoms with Gasteiger partial charge in [0, 0.05) is 36.3 Å². The Hall–Kier alpha value is -2.82. The number of rotatable bonds is 4. The van der Waals surface area contributed by atoms with Crippen molar-refractivity contribution >= 4 is 22.6 Å². The largest absolute Gasteiger partial charge is 0.451 e. The standard InChI is InChI=1S/C21H21FN2O2/c1-14-18-12-16(22)6-9-19(18)26-20(14)21(25)23-13-15-4-7-17(8-5-15)24-10-2-3-11-24/h4-9,12H,2-3,10-11,13H2,1H3,(H,23,25). The zero-order valence-corrected chi connectivity index (χ0v) is 14.7. The molecule has 3 aromatic rings. The third-order valence-corrected chi connectivity index (χ3v) is 4.97. The minimum Gasteiger partial charge on any atom is -0.451 e. The van der Waals surface area contributed by atoms with Gasteiger partial charge in [-0.1, -0.05) is 12.1 Å². The molecule has 1 amide bonds. The Bertz CT molecular complexity index is 941. The van der Waals surface area contributed by atoms with E-state index in [4.69, 9.17) is 4.42 Å². The number of fused-ring (bicyclic) bond motifs is 1. The van der Waals surface area contributed by atoms with Crippen LogP contribution in [-0.2, 0) is 6.54 Å². The summed E-state index contributed by atoms with van der Waals surface area (Å²) in [5.41, 5.74) is 3.43. The molecule has 1 aromatic heterocycles. The molecule has 0 bridgehead atoms. The first-order valence-electron chi connectivity index (χ1n) is 8.92. The average Bonchev–Trinajstić information content (AvgIpc) is 3.29. The summed E-state index contributed by atoms with van der Waals surface area (Å²) in [6, 6.07) is 12.5. The smallest absolute Gasteiger partial charge is 0.287 e. The van der Waals surface area contributed by atoms with Gasteiger partial charge < -0.3 is 14.6 Å². The molecule has 2 heterocycles. The fourth-order valence-electron chi connectivity index (χ4n) is 3.47. The van der Waals surface area contributed by atoms with Crippen LogP contribution in [0.25, 0.3) is 11.0 Å². The third-order valence-electron chi connectivity index (χ3n) is 4.97. The van der Waals surface area contributed by atoms with E-state index < -0.39 is 0 Å². The number of aryl methyl sites for hydroxylation is 1. The van der Waals surface area contributed by atoms with Gasteiger partial charge in [0.15, 0.2) is 5.76 Å². The predicted octanol–water partition coefficient (Wildman–Crippen LogP) is 4.41. The van der Waals surface area contributed by atoms with Crippen molar-refractivity contribution in [3.63, 3.8) is 0 Å². The quantitative estimate of drug-likeness (QED) is 0.756. The van der Waals surface area contributed by atoms with Crippen LogP contribution < -0.4 is 10.2 Å². The molecular formula is C21H21FN2O2. The number of halogens is 1. The highest BCUT2D eigenvalue weighted by Crippen LogP contribution is 2.26. The highest BCUT2D eigenvalue weighted by molar-refractivity contribution is 5.98. The zero-order valence-electron chi connectivity index (χ0n) is 14.7. The number of carbonyl (C=O) groups excluding carboxylic acids is 1. The lowest BCUT2D eigenvalue weighted by Gasteiger charge is -2.17. The number of hydrogen-bond donors (Lipinski definition) is 1. The van der Waals surface area contributed by atoms with Gasteiger partial charge >= 0.3 is 0 Å². The molecule has 5 heteroatoms. The van der Waals surface area contributed by atoms with Crippen LogP contribution in [0.1, 0.15) is 34.5 Å². The number of hydrogen-bond acceptors (Lipinski definition) is 3. The van der Waals surface area contributed by atoms with Crippen LogP contribution in [-0.4, -0.2) is 19.0 Å². The molecule has 4 nitrogen and oxygen atoms in total. The van der Waals surface area contributed by atoms with Gasteiger partial charge in [-0.2, -0.15) is 0 Å². The van der Waals surface area contributed by atoms with Gasteiger partial charge in [0.25, 0.3) is 5.91 Å². The van der Waals surface area contributed by atoms with Crippen LogP contribution in [0.15, 0.2) is 46.9 Å². The Labute approximate surface area is 151 Å². The van der Waals surface area contributed by atoms with Crippen LogP contribution in [0.4, 0.5) is 10.1 Å². The Morgan fingerprint density at radius 2 is 1.88 bits per heavy atom. The van der Waals surface area contributed by atoms with E-state index in [0.717, 1.165) is 18.7 Å². The molecule has 1 saturated heterocycles. The molecule has 1 N–H and O–H groups in total. The van der Waals surface area contributed by atoms with E-state index in [1.165, 1.54) is 30.7 Å². The monoisotopic (exact) mass is 352 g/mol. The molecule has 4 rings (SSSR count). The summed E-state index contributed by atoms with van der Waals surface area (Å²) in [4.78, 5) is 14.8. The Morgan fingerprint density at radius 3 is 2.62 bits per heavy atom. The molecular weight excluding hydrogens is 331 g/mol. The van der Waals surface area contributed by atoms with Crippen LogP contribution in [0, 0.1) is 12.7 Å². The molecule has 1 aliphatic rings. The first-order valence-corrected chi connectivity index (χ1v) is 8.92. The third kappa shape index (κ3) is 3.17. The molecule has 134 valence electrons. The van der Waals surface area contributed by atoms with Crippen molar-refractivity contribution in [3.8, 4) is 0 Å². The lowest BCUT2D eigenvalue weighted by Crippen LogP contribution is -2.23. The van der Waals surface area contributed by atoms with Crippen molar-refractivity contribution in [1.82, 2.24) is 5.32 Å². The minimum absolute atomic E-state index is 0.235. The van der Waals surface area contributed by atoms with E-state index in [1.54, 1.807) is 13.0 Å². The average molecular weight is 352 g/mol. The molecule has 26 heavy (non-hydrogen) atoms. The molecule has 0 radical (unpaired) electrons. The second kappa shape index (κ2) is 6.83. The van der Waals surface area contributed by atoms with Crippen molar-refractivity contribution in [2.75, 3.05) is 18.0 Å². The van der Waals surface area contributed by atoms with Gasteiger partial charge in [-0.3, -0.25) is 4.79 Å². The van der Waals surface area contributed by atoms with E-state index in [0.29, 0.717) is 23.1 Å². The molecule has 0 saturated carbocycles. The first kappa shape index (κ1) is 16.6. The Morgan fingerprint density at radius 1 is 1.15 bits per heavy atom. The summed E-state index contributed by atoms with van der Waals surface area (Å²) in [6.07, 6.45) is 2.50. The molecule has 0 aliphatic carbocycles. The van der Waals surface area contributed by atoms with Crippen LogP contribution in [0.2, 0.25) is 0 Å². The number of nitrogens with zero attached hydrogens (tertiary/aromatic N) is 1. The number of amides is 1. The molecule has 1 fully saturated rings. The van der Waals surface area contributed by atoms with Gasteiger partial charge in [0.1, 0.15) is 11.4 Å². The first-order chi connectivity index (χ1) is 12.6. The minimum atomic E-state index is -0.341. The lowest BCUT2D eigenvalue weighted by molar-refractivity contribution is 0.0924. The van der Waals surface area contributed by atoms with Crippen molar-refractivity contribution in [2.24, 2.45) is 0 Å². The lowest BCUT2D eigenvalue weighted by atomic mass is 10.1. The van der Waals surface area contributed by atoms with Gasteiger partial charge in [-0.05, 0) is 55.7 Å². The van der Waals surface area contributed by atoms with Gasteiger partial charge in [0.2, 0.25) is 0 Å². The SMILES string of the molecule is Cc1c(C(=O)NCc2ccc(N3CCCC3)cc2)oc2ccc(F)cc12. The van der Waals surface area contributed by atoms with E-state index in [1.807, 2.05) is 12.1 Å². The number of nitrogens with one attached hydrogen (secondary N) is 1. The summed E-state index contributed by atoms with van der Waals surface area (Å²) < 4.78 is 19.0. The van der Waals surface area contributed by atoms with Crippen molar-refractivity contribution < 1.29 is 13.6 Å². The highest BCUT2D eigenvalue weighted by atomic mass is 19.1. The maximum Gasteiger partial charge on any atom is 0.287 e. The molecule has 2 aromatic carbocycles. The van der Waals surface area contributed by atoms with E-state index in [9.17, 15) is 9.18 Å². The fraction of sp³-hybridized carbons (Fsp3) is 0.286. The molecule has 0 atom stereocenters. The summed E-state index contributed by atoms with van der Waals surface area (Å²) in [6.45, 7) is 4.42. The summed E-state index contributed by atoms with van der Waals surface area (Å²) in [5.74, 6) is -0.395. The van der Waals surface area contributed by atoms with E-state index >= 15 is 0 Å². The van der Waals surface area contributed by atoms with Crippen molar-refractivity contribution in [3.05, 3.63) is 65.2 Å². The zero-order chi connectivity index (χ0) is 18.1. The normalized spacial score (nSPS) is 14.2. The van der Waals surface area contributed by atoms with Crippen LogP contribution in [0.3, 0.4) is 0 Å². The molecule has 1 aliphatic heterocycles. The summed E-state index contributed by atoms with van der Waals surface area (Å²) in [5, 5.41) is 3.51. The van der Waals surface area contributed by atoms with Gasteiger partial charge in [-0.15, -0.1) is 0 Å². The Kier molecular flexibility index (Phi) is 4.37. The maximum absolute atomic E-state index is 13.4. The number of benzene rings is 2. The second-order valence-electron chi connectivity index (χ2n) is 6.74. The van der Waals surface area contributed by atoms with Gasteiger partial charge in [-0.25, -0.2) is 4.39 Å². The number of carbonyl (C=O) groups is 1. The van der Waals surface area contributed by atoms with E-state index in [2.05, 4.69) is 22.3 Å². The van der Waals surface area contributed by atoms with Crippen LogP contribution in [0.5, 0.6) is 0 Å². The highest BCUT2D eigenvalue weighted by Gasteiger charge is 2.18. The van der Waals surface area contributed by atoms with Crippen molar-refractivity contribution in [2.45, 2.75) is 26.3 Å². The van der Waals surface area contributed by atoms with Crippen LogP contribution >= 0.6 is 0 Å². The number of furan rings is 1. The second-order valence-corrected chi connectivity index (χ2v) is 6.74.